The molecular formula is C15H22O4. The fourth-order valence-corrected chi connectivity index (χ4v) is 4.32. The van der Waals surface area contributed by atoms with Gasteiger partial charge in [0.15, 0.2) is 0 Å². The molecular weight excluding hydrogens is 244 g/mol. The summed E-state index contributed by atoms with van der Waals surface area (Å²) in [5, 5.41) is 19.4. The minimum absolute atomic E-state index is 0.0112. The molecule has 4 nitrogen and oxygen atoms in total. The Hall–Kier alpha value is -1.16. The van der Waals surface area contributed by atoms with Gasteiger partial charge in [0.25, 0.3) is 0 Å². The normalized spacial score (nSPS) is 41.6. The van der Waals surface area contributed by atoms with Gasteiger partial charge < -0.3 is 10.2 Å². The van der Waals surface area contributed by atoms with Crippen LogP contribution in [-0.4, -0.2) is 28.1 Å². The van der Waals surface area contributed by atoms with Gasteiger partial charge in [-0.2, -0.15) is 0 Å². The van der Waals surface area contributed by atoms with Gasteiger partial charge in [-0.15, -0.1) is 0 Å². The number of aliphatic carboxylic acids is 1. The third-order valence-corrected chi connectivity index (χ3v) is 5.62. The summed E-state index contributed by atoms with van der Waals surface area (Å²) in [5.74, 6) is -1.22. The van der Waals surface area contributed by atoms with E-state index in [2.05, 4.69) is 13.5 Å². The molecule has 2 saturated carbocycles. The van der Waals surface area contributed by atoms with Crippen LogP contribution in [0.4, 0.5) is 0 Å². The lowest BCUT2D eigenvalue weighted by Crippen LogP contribution is -2.52. The number of ketones is 1. The maximum Gasteiger partial charge on any atom is 0.331 e. The van der Waals surface area contributed by atoms with Crippen molar-refractivity contribution in [3.8, 4) is 0 Å². The van der Waals surface area contributed by atoms with E-state index in [1.807, 2.05) is 0 Å². The molecule has 0 bridgehead atoms. The van der Waals surface area contributed by atoms with Crippen LogP contribution >= 0.6 is 0 Å². The van der Waals surface area contributed by atoms with E-state index in [1.54, 1.807) is 0 Å². The van der Waals surface area contributed by atoms with E-state index in [0.717, 1.165) is 19.3 Å². The van der Waals surface area contributed by atoms with Crippen molar-refractivity contribution in [2.24, 2.45) is 16.7 Å². The summed E-state index contributed by atoms with van der Waals surface area (Å²) < 4.78 is 0. The van der Waals surface area contributed by atoms with Gasteiger partial charge in [0.2, 0.25) is 0 Å². The average molecular weight is 266 g/mol. The minimum Gasteiger partial charge on any atom is -0.478 e. The van der Waals surface area contributed by atoms with Crippen LogP contribution in [-0.2, 0) is 9.59 Å². The largest absolute Gasteiger partial charge is 0.478 e. The van der Waals surface area contributed by atoms with Gasteiger partial charge in [0.1, 0.15) is 5.78 Å². The molecule has 2 N–H and O–H groups in total. The monoisotopic (exact) mass is 266 g/mol. The Morgan fingerprint density at radius 3 is 2.37 bits per heavy atom. The molecule has 19 heavy (non-hydrogen) atoms. The smallest absolute Gasteiger partial charge is 0.331 e. The molecule has 0 heterocycles. The van der Waals surface area contributed by atoms with Crippen LogP contribution in [0.25, 0.3) is 0 Å². The molecule has 0 aliphatic heterocycles. The highest BCUT2D eigenvalue weighted by atomic mass is 16.4. The number of hydrogen-bond donors (Lipinski definition) is 2. The van der Waals surface area contributed by atoms with Gasteiger partial charge in [-0.1, -0.05) is 13.5 Å². The first-order chi connectivity index (χ1) is 8.74. The number of carboxylic acids is 1. The lowest BCUT2D eigenvalue weighted by atomic mass is 9.53. The summed E-state index contributed by atoms with van der Waals surface area (Å²) >= 11 is 0. The molecule has 0 aromatic heterocycles. The van der Waals surface area contributed by atoms with Gasteiger partial charge in [0.05, 0.1) is 11.5 Å². The van der Waals surface area contributed by atoms with Crippen LogP contribution in [0.15, 0.2) is 12.2 Å². The average Bonchev–Trinajstić information content (AvgIpc) is 2.61. The predicted molar refractivity (Wildman–Crippen MR) is 70.6 cm³/mol. The number of carbonyl (C=O) groups excluding carboxylic acids is 1. The van der Waals surface area contributed by atoms with Crippen molar-refractivity contribution in [1.82, 2.24) is 0 Å². The van der Waals surface area contributed by atoms with Crippen molar-refractivity contribution in [1.29, 1.82) is 0 Å². The maximum absolute atomic E-state index is 12.2. The standard InChI is InChI=1S/C15H22O4/c1-9(13(18)19)11-4-6-14(3)7-5-12(17)15(14,8-11)10(2)16/h11-12,17H,1,4-8H2,2-3H3,(H,18,19)/t11-,12-,14+,15+/m0/s1. The predicted octanol–water partition coefficient (Wildman–Crippen LogP) is 2.16. The summed E-state index contributed by atoms with van der Waals surface area (Å²) in [5.41, 5.74) is -0.816. The number of fused-ring (bicyclic) bond motifs is 1. The molecule has 0 aromatic rings. The van der Waals surface area contributed by atoms with E-state index < -0.39 is 17.5 Å². The minimum atomic E-state index is -1.00. The maximum atomic E-state index is 12.2. The second-order valence-corrected chi connectivity index (χ2v) is 6.41. The fourth-order valence-electron chi connectivity index (χ4n) is 4.32. The summed E-state index contributed by atoms with van der Waals surface area (Å²) in [7, 11) is 0. The van der Waals surface area contributed by atoms with Crippen LogP contribution in [0, 0.1) is 16.7 Å². The van der Waals surface area contributed by atoms with Crippen molar-refractivity contribution in [3.05, 3.63) is 12.2 Å². The zero-order valence-corrected chi connectivity index (χ0v) is 11.6. The first-order valence-corrected chi connectivity index (χ1v) is 6.86. The summed E-state index contributed by atoms with van der Waals surface area (Å²) in [6.07, 6.45) is 2.75. The van der Waals surface area contributed by atoms with Gasteiger partial charge in [-0.05, 0) is 50.4 Å². The molecule has 2 aliphatic carbocycles. The summed E-state index contributed by atoms with van der Waals surface area (Å²) in [6, 6.07) is 0. The van der Waals surface area contributed by atoms with Gasteiger partial charge in [-0.3, -0.25) is 4.79 Å². The molecule has 4 heteroatoms. The zero-order valence-electron chi connectivity index (χ0n) is 11.6. The Morgan fingerprint density at radius 1 is 1.26 bits per heavy atom. The van der Waals surface area contributed by atoms with Crippen molar-refractivity contribution >= 4 is 11.8 Å². The molecule has 0 aromatic carbocycles. The van der Waals surface area contributed by atoms with Crippen molar-refractivity contribution in [2.45, 2.75) is 52.1 Å². The third-order valence-electron chi connectivity index (χ3n) is 5.62. The molecule has 0 radical (unpaired) electrons. The van der Waals surface area contributed by atoms with Crippen LogP contribution in [0.5, 0.6) is 0 Å². The zero-order chi connectivity index (χ0) is 14.4. The van der Waals surface area contributed by atoms with E-state index in [1.165, 1.54) is 6.92 Å². The van der Waals surface area contributed by atoms with Gasteiger partial charge in [0, 0.05) is 5.57 Å². The van der Waals surface area contributed by atoms with Crippen LogP contribution in [0.3, 0.4) is 0 Å². The van der Waals surface area contributed by atoms with Crippen LogP contribution < -0.4 is 0 Å². The lowest BCUT2D eigenvalue weighted by Gasteiger charge is -2.50. The van der Waals surface area contributed by atoms with Gasteiger partial charge >= 0.3 is 5.97 Å². The number of rotatable bonds is 3. The Balaban J connectivity index is 2.37. The topological polar surface area (TPSA) is 74.6 Å². The number of aliphatic hydroxyl groups excluding tert-OH is 1. The highest BCUT2D eigenvalue weighted by molar-refractivity contribution is 5.88. The Morgan fingerprint density at radius 2 is 1.84 bits per heavy atom. The molecule has 0 amide bonds. The van der Waals surface area contributed by atoms with E-state index in [-0.39, 0.29) is 22.7 Å². The molecule has 2 rings (SSSR count). The van der Waals surface area contributed by atoms with Crippen LogP contribution in [0.2, 0.25) is 0 Å². The van der Waals surface area contributed by atoms with E-state index in [9.17, 15) is 14.7 Å². The van der Waals surface area contributed by atoms with Gasteiger partial charge in [-0.25, -0.2) is 4.79 Å². The van der Waals surface area contributed by atoms with Crippen molar-refractivity contribution in [2.75, 3.05) is 0 Å². The Bertz CT molecular complexity index is 441. The molecule has 106 valence electrons. The van der Waals surface area contributed by atoms with E-state index in [0.29, 0.717) is 12.8 Å². The molecule has 4 atom stereocenters. The molecule has 2 fully saturated rings. The first kappa shape index (κ1) is 14.3. The van der Waals surface area contributed by atoms with E-state index >= 15 is 0 Å². The van der Waals surface area contributed by atoms with Crippen molar-refractivity contribution in [3.63, 3.8) is 0 Å². The van der Waals surface area contributed by atoms with Crippen LogP contribution in [0.1, 0.15) is 46.0 Å². The molecule has 2 aliphatic rings. The molecule has 0 unspecified atom stereocenters. The number of carboxylic acid groups (broad SMARTS) is 1. The number of aliphatic hydroxyl groups is 1. The number of Topliss-reactive ketones (excluding diaryl/α,β-unsaturated/α-hetero) is 1. The molecule has 0 saturated heterocycles. The summed E-state index contributed by atoms with van der Waals surface area (Å²) in [4.78, 5) is 23.3. The molecule has 0 spiro atoms. The summed E-state index contributed by atoms with van der Waals surface area (Å²) in [6.45, 7) is 7.22. The lowest BCUT2D eigenvalue weighted by molar-refractivity contribution is -0.148. The Labute approximate surface area is 113 Å². The SMILES string of the molecule is C=C(C(=O)O)[C@H]1CC[C@]2(C)CC[C@H](O)[C@]2(C(C)=O)C1. The second-order valence-electron chi connectivity index (χ2n) is 6.41. The quantitative estimate of drug-likeness (QED) is 0.768. The Kier molecular flexibility index (Phi) is 3.33. The highest BCUT2D eigenvalue weighted by Crippen LogP contribution is 2.63. The highest BCUT2D eigenvalue weighted by Gasteiger charge is 2.62. The van der Waals surface area contributed by atoms with Crippen molar-refractivity contribution < 1.29 is 19.8 Å². The number of carbonyl (C=O) groups is 2. The number of hydrogen-bond acceptors (Lipinski definition) is 3. The second kappa shape index (κ2) is 4.44. The van der Waals surface area contributed by atoms with E-state index in [4.69, 9.17) is 5.11 Å². The first-order valence-electron chi connectivity index (χ1n) is 6.86. The fraction of sp³-hybridized carbons (Fsp3) is 0.733. The third kappa shape index (κ3) is 1.84.